The molecular weight excluding hydrogens is 457 g/mol. The van der Waals surface area contributed by atoms with Crippen LogP contribution in [0.3, 0.4) is 0 Å². The third kappa shape index (κ3) is 6.22. The second-order valence-electron chi connectivity index (χ2n) is 7.04. The second-order valence-corrected chi connectivity index (χ2v) is 7.04. The van der Waals surface area contributed by atoms with Crippen LogP contribution in [-0.4, -0.2) is 59.1 Å². The highest BCUT2D eigenvalue weighted by Gasteiger charge is 2.46. The van der Waals surface area contributed by atoms with Gasteiger partial charge in [0, 0.05) is 44.3 Å². The number of halogens is 1. The highest BCUT2D eigenvalue weighted by atomic mass is 127. The molecule has 1 saturated heterocycles. The minimum absolute atomic E-state index is 0. The summed E-state index contributed by atoms with van der Waals surface area (Å²) < 4.78 is 16.6. The first-order valence-electron chi connectivity index (χ1n) is 9.55. The van der Waals surface area contributed by atoms with Gasteiger partial charge in [0.1, 0.15) is 5.75 Å². The monoisotopic (exact) mass is 489 g/mol. The summed E-state index contributed by atoms with van der Waals surface area (Å²) in [5.41, 5.74) is 1.45. The fourth-order valence-electron chi connectivity index (χ4n) is 3.42. The Hall–Kier alpha value is -1.06. The number of nitrogens with zero attached hydrogens (tertiary/aromatic N) is 1. The Morgan fingerprint density at radius 2 is 2.11 bits per heavy atom. The first-order valence-corrected chi connectivity index (χ1v) is 9.55. The van der Waals surface area contributed by atoms with Crippen molar-refractivity contribution >= 4 is 29.9 Å². The molecule has 7 heteroatoms. The molecule has 0 radical (unpaired) electrons. The van der Waals surface area contributed by atoms with Gasteiger partial charge < -0.3 is 24.8 Å². The van der Waals surface area contributed by atoms with Crippen molar-refractivity contribution < 1.29 is 14.2 Å². The lowest BCUT2D eigenvalue weighted by molar-refractivity contribution is 0.0420. The Balaban J connectivity index is 0.00000261. The standard InChI is InChI=1S/C20H31N3O3.HI/c1-21-19(22-11-5-12-26-16-8-13-25-14-16)23-15-20(9-10-20)17-6-3-4-7-18(17)24-2;/h3-4,6-7,16H,5,8-15H2,1-2H3,(H2,21,22,23);1H. The number of nitrogens with one attached hydrogen (secondary N) is 2. The quantitative estimate of drug-likeness (QED) is 0.242. The topological polar surface area (TPSA) is 64.1 Å². The lowest BCUT2D eigenvalue weighted by Gasteiger charge is -2.21. The SMILES string of the molecule is CN=C(NCCCOC1CCOC1)NCC1(c2ccccc2OC)CC1.I. The van der Waals surface area contributed by atoms with E-state index in [1.54, 1.807) is 7.11 Å². The van der Waals surface area contributed by atoms with Gasteiger partial charge in [-0.25, -0.2) is 0 Å². The zero-order valence-corrected chi connectivity index (χ0v) is 18.7. The minimum atomic E-state index is 0. The van der Waals surface area contributed by atoms with Crippen LogP contribution in [0.2, 0.25) is 0 Å². The van der Waals surface area contributed by atoms with Crippen molar-refractivity contribution in [1.82, 2.24) is 10.6 Å². The molecular formula is C20H32IN3O3. The van der Waals surface area contributed by atoms with E-state index >= 15 is 0 Å². The number of para-hydroxylation sites is 1. The fourth-order valence-corrected chi connectivity index (χ4v) is 3.42. The summed E-state index contributed by atoms with van der Waals surface area (Å²) in [4.78, 5) is 4.33. The van der Waals surface area contributed by atoms with Gasteiger partial charge in [-0.15, -0.1) is 24.0 Å². The maximum atomic E-state index is 5.79. The number of methoxy groups -OCH3 is 1. The summed E-state index contributed by atoms with van der Waals surface area (Å²) in [6.07, 6.45) is 4.60. The van der Waals surface area contributed by atoms with Gasteiger partial charge in [0.25, 0.3) is 0 Å². The molecule has 1 saturated carbocycles. The number of guanidine groups is 1. The van der Waals surface area contributed by atoms with E-state index in [1.165, 1.54) is 18.4 Å². The second kappa shape index (κ2) is 11.1. The molecule has 2 aliphatic rings. The Morgan fingerprint density at radius 3 is 2.78 bits per heavy atom. The van der Waals surface area contributed by atoms with Crippen molar-refractivity contribution in [3.05, 3.63) is 29.8 Å². The third-order valence-corrected chi connectivity index (χ3v) is 5.20. The van der Waals surface area contributed by atoms with Gasteiger partial charge in [0.05, 0.1) is 19.8 Å². The molecule has 1 aliphatic carbocycles. The molecule has 3 rings (SSSR count). The van der Waals surface area contributed by atoms with Gasteiger partial charge >= 0.3 is 0 Å². The Morgan fingerprint density at radius 1 is 1.30 bits per heavy atom. The van der Waals surface area contributed by atoms with E-state index in [4.69, 9.17) is 14.2 Å². The normalized spacial score (nSPS) is 20.7. The molecule has 0 amide bonds. The van der Waals surface area contributed by atoms with E-state index < -0.39 is 0 Å². The van der Waals surface area contributed by atoms with E-state index in [-0.39, 0.29) is 35.5 Å². The number of hydrogen-bond donors (Lipinski definition) is 2. The van der Waals surface area contributed by atoms with E-state index in [1.807, 2.05) is 19.2 Å². The maximum Gasteiger partial charge on any atom is 0.191 e. The molecule has 0 aromatic heterocycles. The summed E-state index contributed by atoms with van der Waals surface area (Å²) in [5, 5.41) is 6.85. The summed E-state index contributed by atoms with van der Waals surface area (Å²) in [6.45, 7) is 4.02. The van der Waals surface area contributed by atoms with Crippen LogP contribution >= 0.6 is 24.0 Å². The third-order valence-electron chi connectivity index (χ3n) is 5.20. The lowest BCUT2D eigenvalue weighted by atomic mass is 9.95. The molecule has 27 heavy (non-hydrogen) atoms. The van der Waals surface area contributed by atoms with Gasteiger partial charge in [-0.2, -0.15) is 0 Å². The van der Waals surface area contributed by atoms with Crippen LogP contribution in [0.5, 0.6) is 5.75 Å². The van der Waals surface area contributed by atoms with Gasteiger partial charge in [-0.3, -0.25) is 4.99 Å². The molecule has 1 heterocycles. The van der Waals surface area contributed by atoms with Gasteiger partial charge in [-0.1, -0.05) is 18.2 Å². The number of aliphatic imine (C=N–C) groups is 1. The van der Waals surface area contributed by atoms with Crippen LogP contribution in [0.4, 0.5) is 0 Å². The predicted octanol–water partition coefficient (Wildman–Crippen LogP) is 2.71. The first kappa shape index (κ1) is 22.2. The molecule has 152 valence electrons. The van der Waals surface area contributed by atoms with Crippen LogP contribution < -0.4 is 15.4 Å². The summed E-state index contributed by atoms with van der Waals surface area (Å²) >= 11 is 0. The van der Waals surface area contributed by atoms with Crippen LogP contribution in [0.1, 0.15) is 31.2 Å². The molecule has 1 unspecified atom stereocenters. The minimum Gasteiger partial charge on any atom is -0.496 e. The Bertz CT molecular complexity index is 602. The van der Waals surface area contributed by atoms with Crippen molar-refractivity contribution in [3.63, 3.8) is 0 Å². The zero-order valence-electron chi connectivity index (χ0n) is 16.3. The molecule has 1 atom stereocenters. The Labute approximate surface area is 179 Å². The molecule has 6 nitrogen and oxygen atoms in total. The molecule has 2 fully saturated rings. The van der Waals surface area contributed by atoms with Crippen molar-refractivity contribution in [3.8, 4) is 5.75 Å². The number of ether oxygens (including phenoxy) is 3. The zero-order chi connectivity index (χ0) is 18.2. The maximum absolute atomic E-state index is 5.79. The van der Waals surface area contributed by atoms with Crippen LogP contribution in [0, 0.1) is 0 Å². The average Bonchev–Trinajstić information content (AvgIpc) is 3.29. The lowest BCUT2D eigenvalue weighted by Crippen LogP contribution is -2.41. The van der Waals surface area contributed by atoms with Crippen molar-refractivity contribution in [1.29, 1.82) is 0 Å². The average molecular weight is 489 g/mol. The molecule has 1 aliphatic heterocycles. The highest BCUT2D eigenvalue weighted by Crippen LogP contribution is 2.50. The molecule has 1 aromatic carbocycles. The number of hydrogen-bond acceptors (Lipinski definition) is 4. The van der Waals surface area contributed by atoms with E-state index in [0.29, 0.717) is 0 Å². The highest BCUT2D eigenvalue weighted by molar-refractivity contribution is 14.0. The first-order chi connectivity index (χ1) is 12.8. The van der Waals surface area contributed by atoms with E-state index in [2.05, 4.69) is 27.8 Å². The summed E-state index contributed by atoms with van der Waals surface area (Å²) in [7, 11) is 3.55. The van der Waals surface area contributed by atoms with Crippen LogP contribution in [0.15, 0.2) is 29.3 Å². The van der Waals surface area contributed by atoms with Gasteiger partial charge in [0.2, 0.25) is 0 Å². The van der Waals surface area contributed by atoms with E-state index in [0.717, 1.165) is 57.5 Å². The van der Waals surface area contributed by atoms with Crippen molar-refractivity contribution in [2.24, 2.45) is 4.99 Å². The number of rotatable bonds is 9. The molecule has 2 N–H and O–H groups in total. The smallest absolute Gasteiger partial charge is 0.191 e. The van der Waals surface area contributed by atoms with Crippen molar-refractivity contribution in [2.45, 2.75) is 37.2 Å². The van der Waals surface area contributed by atoms with Crippen LogP contribution in [0.25, 0.3) is 0 Å². The summed E-state index contributed by atoms with van der Waals surface area (Å²) in [6, 6.07) is 8.32. The van der Waals surface area contributed by atoms with Crippen molar-refractivity contribution in [2.75, 3.05) is 47.1 Å². The Kier molecular flexibility index (Phi) is 9.11. The number of benzene rings is 1. The van der Waals surface area contributed by atoms with Gasteiger partial charge in [-0.05, 0) is 31.7 Å². The predicted molar refractivity (Wildman–Crippen MR) is 118 cm³/mol. The molecule has 1 aromatic rings. The van der Waals surface area contributed by atoms with Gasteiger partial charge in [0.15, 0.2) is 5.96 Å². The molecule has 0 bridgehead atoms. The van der Waals surface area contributed by atoms with Crippen LogP contribution in [-0.2, 0) is 14.9 Å². The fraction of sp³-hybridized carbons (Fsp3) is 0.650. The largest absolute Gasteiger partial charge is 0.496 e. The van der Waals surface area contributed by atoms with E-state index in [9.17, 15) is 0 Å². The summed E-state index contributed by atoms with van der Waals surface area (Å²) in [5.74, 6) is 1.82. The molecule has 0 spiro atoms.